The molecule has 16 heavy (non-hydrogen) atoms. The van der Waals surface area contributed by atoms with E-state index >= 15 is 0 Å². The van der Waals surface area contributed by atoms with E-state index in [0.29, 0.717) is 25.2 Å². The Morgan fingerprint density at radius 1 is 1.25 bits per heavy atom. The number of carbonyl (C=O) groups is 1. The number of ketones is 1. The lowest BCUT2D eigenvalue weighted by Gasteiger charge is -2.32. The van der Waals surface area contributed by atoms with E-state index in [-0.39, 0.29) is 11.4 Å². The van der Waals surface area contributed by atoms with Crippen LogP contribution in [0.25, 0.3) is 0 Å². The third-order valence-corrected chi connectivity index (χ3v) is 3.68. The lowest BCUT2D eigenvalue weighted by atomic mass is 9.79. The normalized spacial score (nSPS) is 22.4. The Bertz CT molecular complexity index is 443. The van der Waals surface area contributed by atoms with Crippen LogP contribution in [-0.4, -0.2) is 5.78 Å². The molecule has 0 bridgehead atoms. The Kier molecular flexibility index (Phi) is 2.11. The second kappa shape index (κ2) is 3.39. The molecule has 0 amide bonds. The predicted molar refractivity (Wildman–Crippen MR) is 56.3 cm³/mol. The number of rotatable bonds is 0. The average Bonchev–Trinajstić information content (AvgIpc) is 2.62. The molecule has 0 saturated heterocycles. The molecule has 1 fully saturated rings. The third-order valence-electron chi connectivity index (χ3n) is 3.68. The van der Waals surface area contributed by atoms with Crippen molar-refractivity contribution in [2.24, 2.45) is 0 Å². The first kappa shape index (κ1) is 9.97. The fourth-order valence-corrected chi connectivity index (χ4v) is 2.77. The van der Waals surface area contributed by atoms with Gasteiger partial charge < -0.3 is 4.74 Å². The van der Waals surface area contributed by atoms with Crippen molar-refractivity contribution in [2.75, 3.05) is 0 Å². The maximum absolute atomic E-state index is 13.1. The minimum atomic E-state index is -0.309. The van der Waals surface area contributed by atoms with Gasteiger partial charge in [-0.1, -0.05) is 6.07 Å². The minimum absolute atomic E-state index is 0.216. The van der Waals surface area contributed by atoms with Crippen molar-refractivity contribution in [3.05, 3.63) is 35.1 Å². The number of hydrogen-bond donors (Lipinski definition) is 0. The van der Waals surface area contributed by atoms with Crippen molar-refractivity contribution < 1.29 is 13.9 Å². The second-order valence-electron chi connectivity index (χ2n) is 4.62. The van der Waals surface area contributed by atoms with Gasteiger partial charge in [0.2, 0.25) is 0 Å². The number of benzene rings is 1. The van der Waals surface area contributed by atoms with Crippen molar-refractivity contribution in [3.8, 4) is 0 Å². The minimum Gasteiger partial charge on any atom is -0.366 e. The largest absolute Gasteiger partial charge is 0.366 e. The maximum atomic E-state index is 13.1. The Hall–Kier alpha value is -1.22. The molecular formula is C13H13FO2. The molecule has 0 atom stereocenters. The second-order valence-corrected chi connectivity index (χ2v) is 4.62. The summed E-state index contributed by atoms with van der Waals surface area (Å²) in [5.41, 5.74) is 1.72. The van der Waals surface area contributed by atoms with Crippen molar-refractivity contribution in [1.29, 1.82) is 0 Å². The molecule has 0 radical (unpaired) electrons. The van der Waals surface area contributed by atoms with Gasteiger partial charge in [0.25, 0.3) is 0 Å². The summed E-state index contributed by atoms with van der Waals surface area (Å²) in [6.07, 6.45) is 2.64. The van der Waals surface area contributed by atoms with Gasteiger partial charge in [-0.05, 0) is 36.1 Å². The van der Waals surface area contributed by atoms with Crippen molar-refractivity contribution >= 4 is 5.78 Å². The average molecular weight is 220 g/mol. The molecular weight excluding hydrogens is 207 g/mol. The molecule has 1 saturated carbocycles. The highest BCUT2D eigenvalue weighted by Crippen LogP contribution is 2.45. The van der Waals surface area contributed by atoms with Crippen molar-refractivity contribution in [1.82, 2.24) is 0 Å². The van der Waals surface area contributed by atoms with Crippen LogP contribution in [0.15, 0.2) is 18.2 Å². The number of hydrogen-bond acceptors (Lipinski definition) is 2. The molecule has 1 aliphatic carbocycles. The standard InChI is InChI=1S/C13H13FO2/c14-10-1-2-12-9(7-10)8-16-13(12)5-3-11(15)4-6-13/h1-2,7H,3-6,8H2. The lowest BCUT2D eigenvalue weighted by Crippen LogP contribution is -2.31. The van der Waals surface area contributed by atoms with Gasteiger partial charge in [-0.2, -0.15) is 0 Å². The van der Waals surface area contributed by atoms with E-state index in [2.05, 4.69) is 0 Å². The van der Waals surface area contributed by atoms with Gasteiger partial charge in [0.1, 0.15) is 11.6 Å². The maximum Gasteiger partial charge on any atom is 0.133 e. The van der Waals surface area contributed by atoms with E-state index in [4.69, 9.17) is 4.74 Å². The van der Waals surface area contributed by atoms with Crippen LogP contribution in [0.4, 0.5) is 4.39 Å². The van der Waals surface area contributed by atoms with Crippen molar-refractivity contribution in [3.63, 3.8) is 0 Å². The summed E-state index contributed by atoms with van der Waals surface area (Å²) in [7, 11) is 0. The van der Waals surface area contributed by atoms with Gasteiger partial charge >= 0.3 is 0 Å². The van der Waals surface area contributed by atoms with Crippen LogP contribution in [0.5, 0.6) is 0 Å². The van der Waals surface area contributed by atoms with Gasteiger partial charge in [-0.25, -0.2) is 4.39 Å². The summed E-state index contributed by atoms with van der Waals surface area (Å²) in [6, 6.07) is 4.83. The Morgan fingerprint density at radius 2 is 2.00 bits per heavy atom. The quantitative estimate of drug-likeness (QED) is 0.672. The molecule has 3 rings (SSSR count). The molecule has 1 heterocycles. The molecule has 1 aromatic carbocycles. The van der Waals surface area contributed by atoms with Gasteiger partial charge in [0.15, 0.2) is 0 Å². The molecule has 2 aliphatic rings. The summed E-state index contributed by atoms with van der Waals surface area (Å²) in [5.74, 6) is 0.0936. The van der Waals surface area contributed by atoms with Gasteiger partial charge in [0.05, 0.1) is 12.2 Å². The number of fused-ring (bicyclic) bond motifs is 2. The third kappa shape index (κ3) is 1.39. The van der Waals surface area contributed by atoms with E-state index in [0.717, 1.165) is 24.0 Å². The molecule has 2 nitrogen and oxygen atoms in total. The number of Topliss-reactive ketones (excluding diaryl/α,β-unsaturated/α-hetero) is 1. The molecule has 3 heteroatoms. The molecule has 84 valence electrons. The van der Waals surface area contributed by atoms with E-state index in [1.807, 2.05) is 6.07 Å². The fourth-order valence-electron chi connectivity index (χ4n) is 2.77. The van der Waals surface area contributed by atoms with Crippen molar-refractivity contribution in [2.45, 2.75) is 37.9 Å². The molecule has 0 aromatic heterocycles. The van der Waals surface area contributed by atoms with Crippen LogP contribution in [0, 0.1) is 5.82 Å². The first-order valence-electron chi connectivity index (χ1n) is 5.64. The van der Waals surface area contributed by atoms with Gasteiger partial charge in [-0.15, -0.1) is 0 Å². The van der Waals surface area contributed by atoms with Crippen LogP contribution < -0.4 is 0 Å². The number of halogens is 1. The highest BCUT2D eigenvalue weighted by molar-refractivity contribution is 5.79. The smallest absolute Gasteiger partial charge is 0.133 e. The molecule has 1 aromatic rings. The van der Waals surface area contributed by atoms with Crippen LogP contribution in [0.1, 0.15) is 36.8 Å². The summed E-state index contributed by atoms with van der Waals surface area (Å²) < 4.78 is 18.9. The van der Waals surface area contributed by atoms with Crippen LogP contribution >= 0.6 is 0 Å². The predicted octanol–water partition coefficient (Wildman–Crippen LogP) is 2.69. The monoisotopic (exact) mass is 220 g/mol. The SMILES string of the molecule is O=C1CCC2(CC1)OCc1cc(F)ccc12. The highest BCUT2D eigenvalue weighted by atomic mass is 19.1. The number of carbonyl (C=O) groups excluding carboxylic acids is 1. The molecule has 1 spiro atoms. The van der Waals surface area contributed by atoms with Crippen LogP contribution in [0.3, 0.4) is 0 Å². The zero-order valence-electron chi connectivity index (χ0n) is 8.96. The zero-order chi connectivity index (χ0) is 11.2. The summed E-state index contributed by atoms with van der Waals surface area (Å²) in [4.78, 5) is 11.3. The van der Waals surface area contributed by atoms with E-state index < -0.39 is 0 Å². The Balaban J connectivity index is 1.99. The van der Waals surface area contributed by atoms with Gasteiger partial charge in [-0.3, -0.25) is 4.79 Å². The van der Waals surface area contributed by atoms with Crippen LogP contribution in [-0.2, 0) is 21.7 Å². The first-order chi connectivity index (χ1) is 7.70. The van der Waals surface area contributed by atoms with E-state index in [1.165, 1.54) is 6.07 Å². The van der Waals surface area contributed by atoms with E-state index in [9.17, 15) is 9.18 Å². The number of ether oxygens (including phenoxy) is 1. The Labute approximate surface area is 93.4 Å². The topological polar surface area (TPSA) is 26.3 Å². The molecule has 1 aliphatic heterocycles. The molecule has 0 N–H and O–H groups in total. The van der Waals surface area contributed by atoms with Crippen LogP contribution in [0.2, 0.25) is 0 Å². The zero-order valence-corrected chi connectivity index (χ0v) is 8.96. The first-order valence-corrected chi connectivity index (χ1v) is 5.64. The summed E-state index contributed by atoms with van der Waals surface area (Å²) in [6.45, 7) is 0.473. The van der Waals surface area contributed by atoms with E-state index in [1.54, 1.807) is 6.07 Å². The highest BCUT2D eigenvalue weighted by Gasteiger charge is 2.42. The Morgan fingerprint density at radius 3 is 2.75 bits per heavy atom. The summed E-state index contributed by atoms with van der Waals surface area (Å²) in [5, 5.41) is 0. The summed E-state index contributed by atoms with van der Waals surface area (Å²) >= 11 is 0. The molecule has 0 unspecified atom stereocenters. The lowest BCUT2D eigenvalue weighted by molar-refractivity contribution is -0.129. The van der Waals surface area contributed by atoms with Gasteiger partial charge in [0, 0.05) is 12.8 Å². The fraction of sp³-hybridized carbons (Fsp3) is 0.462.